The van der Waals surface area contributed by atoms with Gasteiger partial charge in [-0.2, -0.15) is 0 Å². The zero-order valence-electron chi connectivity index (χ0n) is 12.8. The van der Waals surface area contributed by atoms with Crippen molar-refractivity contribution in [3.63, 3.8) is 0 Å². The van der Waals surface area contributed by atoms with Gasteiger partial charge in [0.15, 0.2) is 0 Å². The van der Waals surface area contributed by atoms with E-state index in [1.165, 1.54) is 0 Å². The van der Waals surface area contributed by atoms with Crippen LogP contribution in [-0.2, 0) is 0 Å². The lowest BCUT2D eigenvalue weighted by Crippen LogP contribution is -2.45. The Labute approximate surface area is 150 Å². The van der Waals surface area contributed by atoms with Crippen molar-refractivity contribution in [1.82, 2.24) is 10.2 Å². The van der Waals surface area contributed by atoms with E-state index in [0.717, 1.165) is 50.1 Å². The van der Waals surface area contributed by atoms with E-state index in [0.29, 0.717) is 10.8 Å². The highest BCUT2D eigenvalue weighted by Gasteiger charge is 2.24. The summed E-state index contributed by atoms with van der Waals surface area (Å²) >= 11 is 6.18. The van der Waals surface area contributed by atoms with Crippen molar-refractivity contribution in [2.45, 2.75) is 25.8 Å². The van der Waals surface area contributed by atoms with Gasteiger partial charge < -0.3 is 10.4 Å². The summed E-state index contributed by atoms with van der Waals surface area (Å²) in [4.78, 5) is 2.42. The van der Waals surface area contributed by atoms with E-state index in [-0.39, 0.29) is 30.9 Å². The van der Waals surface area contributed by atoms with E-state index in [4.69, 9.17) is 11.6 Å². The number of nitrogens with zero attached hydrogens (tertiary/aromatic N) is 1. The van der Waals surface area contributed by atoms with Gasteiger partial charge in [-0.25, -0.2) is 0 Å². The number of hydrogen-bond donors (Lipinski definition) is 2. The molecule has 0 aromatic heterocycles. The van der Waals surface area contributed by atoms with Crippen molar-refractivity contribution >= 4 is 36.4 Å². The fraction of sp³-hybridized carbons (Fsp3) is 0.500. The summed E-state index contributed by atoms with van der Waals surface area (Å²) in [6, 6.07) is 3.91. The van der Waals surface area contributed by atoms with Crippen LogP contribution in [0.3, 0.4) is 0 Å². The lowest BCUT2D eigenvalue weighted by atomic mass is 9.96. The molecule has 22 heavy (non-hydrogen) atoms. The number of nitrogens with one attached hydrogen (secondary N) is 1. The second kappa shape index (κ2) is 10.3. The Balaban J connectivity index is 0.00000220. The van der Waals surface area contributed by atoms with Crippen molar-refractivity contribution in [3.8, 4) is 5.75 Å². The molecule has 3 nitrogen and oxygen atoms in total. The SMILES string of the molecule is C=CCC[C@@H](c1cc(Cl)cc(C)c1O)N1CCNCC1.Cl.Cl. The first kappa shape index (κ1) is 21.6. The Morgan fingerprint density at radius 2 is 2.00 bits per heavy atom. The van der Waals surface area contributed by atoms with Gasteiger partial charge >= 0.3 is 0 Å². The molecule has 0 amide bonds. The Kier molecular flexibility index (Phi) is 10.1. The van der Waals surface area contributed by atoms with E-state index < -0.39 is 0 Å². The predicted octanol–water partition coefficient (Wildman–Crippen LogP) is 4.11. The van der Waals surface area contributed by atoms with E-state index in [2.05, 4.69) is 16.8 Å². The van der Waals surface area contributed by atoms with Gasteiger partial charge in [-0.1, -0.05) is 17.7 Å². The number of phenolic OH excluding ortho intramolecular Hbond substituents is 1. The van der Waals surface area contributed by atoms with Gasteiger partial charge in [0.25, 0.3) is 0 Å². The Morgan fingerprint density at radius 3 is 2.59 bits per heavy atom. The summed E-state index contributed by atoms with van der Waals surface area (Å²) in [5.41, 5.74) is 1.78. The van der Waals surface area contributed by atoms with Gasteiger partial charge in [0.2, 0.25) is 0 Å². The topological polar surface area (TPSA) is 35.5 Å². The fourth-order valence-electron chi connectivity index (χ4n) is 2.82. The van der Waals surface area contributed by atoms with Crippen LogP contribution in [0.15, 0.2) is 24.8 Å². The maximum absolute atomic E-state index is 10.4. The molecule has 0 saturated carbocycles. The van der Waals surface area contributed by atoms with Crippen molar-refractivity contribution in [2.24, 2.45) is 0 Å². The highest BCUT2D eigenvalue weighted by atomic mass is 35.5. The number of aryl methyl sites for hydroxylation is 1. The lowest BCUT2D eigenvalue weighted by molar-refractivity contribution is 0.163. The van der Waals surface area contributed by atoms with Crippen LogP contribution in [-0.4, -0.2) is 36.2 Å². The molecule has 0 unspecified atom stereocenters. The molecule has 1 heterocycles. The van der Waals surface area contributed by atoms with Gasteiger partial charge in [-0.05, 0) is 37.5 Å². The molecule has 1 aliphatic rings. The smallest absolute Gasteiger partial charge is 0.123 e. The Hall–Kier alpha value is -0.450. The third kappa shape index (κ3) is 5.32. The third-order valence-electron chi connectivity index (χ3n) is 3.89. The standard InChI is InChI=1S/C16H23ClN2O.2ClH/c1-3-4-5-15(19-8-6-18-7-9-19)14-11-13(17)10-12(2)16(14)20;;/h3,10-11,15,18,20H,1,4-9H2,2H3;2*1H/t15-;;/m0../s1. The van der Waals surface area contributed by atoms with Crippen LogP contribution in [0.4, 0.5) is 0 Å². The van der Waals surface area contributed by atoms with E-state index in [1.54, 1.807) is 0 Å². The van der Waals surface area contributed by atoms with E-state index in [9.17, 15) is 5.11 Å². The van der Waals surface area contributed by atoms with Crippen LogP contribution in [0, 0.1) is 6.92 Å². The van der Waals surface area contributed by atoms with E-state index >= 15 is 0 Å². The third-order valence-corrected chi connectivity index (χ3v) is 4.11. The second-order valence-electron chi connectivity index (χ2n) is 5.33. The molecule has 1 fully saturated rings. The van der Waals surface area contributed by atoms with Gasteiger partial charge in [-0.3, -0.25) is 4.90 Å². The highest BCUT2D eigenvalue weighted by Crippen LogP contribution is 2.36. The molecule has 1 saturated heterocycles. The molecule has 126 valence electrons. The minimum atomic E-state index is 0. The highest BCUT2D eigenvalue weighted by molar-refractivity contribution is 6.30. The quantitative estimate of drug-likeness (QED) is 0.769. The molecular weight excluding hydrogens is 343 g/mol. The lowest BCUT2D eigenvalue weighted by Gasteiger charge is -2.35. The predicted molar refractivity (Wildman–Crippen MR) is 99.0 cm³/mol. The minimum absolute atomic E-state index is 0. The maximum Gasteiger partial charge on any atom is 0.123 e. The van der Waals surface area contributed by atoms with Crippen LogP contribution in [0.2, 0.25) is 5.02 Å². The largest absolute Gasteiger partial charge is 0.507 e. The van der Waals surface area contributed by atoms with Crippen molar-refractivity contribution in [1.29, 1.82) is 0 Å². The average molecular weight is 368 g/mol. The van der Waals surface area contributed by atoms with Crippen LogP contribution in [0.5, 0.6) is 5.75 Å². The Bertz CT molecular complexity index is 477. The normalized spacial score (nSPS) is 16.3. The number of allylic oxidation sites excluding steroid dienone is 1. The molecule has 0 bridgehead atoms. The van der Waals surface area contributed by atoms with Gasteiger partial charge in [-0.15, -0.1) is 31.4 Å². The molecule has 6 heteroatoms. The van der Waals surface area contributed by atoms with Crippen molar-refractivity contribution in [2.75, 3.05) is 26.2 Å². The zero-order valence-corrected chi connectivity index (χ0v) is 15.2. The number of piperazine rings is 1. The number of rotatable bonds is 5. The summed E-state index contributed by atoms with van der Waals surface area (Å²) < 4.78 is 0. The number of phenols is 1. The first-order valence-corrected chi connectivity index (χ1v) is 7.56. The number of halogens is 3. The molecule has 2 rings (SSSR count). The minimum Gasteiger partial charge on any atom is -0.507 e. The summed E-state index contributed by atoms with van der Waals surface area (Å²) in [5.74, 6) is 0.377. The van der Waals surface area contributed by atoms with Gasteiger partial charge in [0, 0.05) is 42.8 Å². The molecular formula is C16H25Cl3N2O. The van der Waals surface area contributed by atoms with Gasteiger partial charge in [0.05, 0.1) is 0 Å². The van der Waals surface area contributed by atoms with Crippen molar-refractivity contribution in [3.05, 3.63) is 40.9 Å². The van der Waals surface area contributed by atoms with Gasteiger partial charge in [0.1, 0.15) is 5.75 Å². The zero-order chi connectivity index (χ0) is 14.5. The van der Waals surface area contributed by atoms with Crippen LogP contribution in [0.25, 0.3) is 0 Å². The Morgan fingerprint density at radius 1 is 1.36 bits per heavy atom. The number of hydrogen-bond acceptors (Lipinski definition) is 3. The summed E-state index contributed by atoms with van der Waals surface area (Å²) in [5, 5.41) is 14.4. The van der Waals surface area contributed by atoms with E-state index in [1.807, 2.05) is 25.1 Å². The molecule has 0 spiro atoms. The summed E-state index contributed by atoms with van der Waals surface area (Å²) in [6.07, 6.45) is 3.82. The molecule has 1 aliphatic heterocycles. The fourth-order valence-corrected chi connectivity index (χ4v) is 3.10. The molecule has 1 atom stereocenters. The average Bonchev–Trinajstić information content (AvgIpc) is 2.45. The number of aromatic hydroxyl groups is 1. The summed E-state index contributed by atoms with van der Waals surface area (Å²) in [7, 11) is 0. The van der Waals surface area contributed by atoms with Crippen molar-refractivity contribution < 1.29 is 5.11 Å². The second-order valence-corrected chi connectivity index (χ2v) is 5.76. The molecule has 2 N–H and O–H groups in total. The molecule has 1 aromatic rings. The number of benzene rings is 1. The summed E-state index contributed by atoms with van der Waals surface area (Å²) in [6.45, 7) is 9.67. The van der Waals surface area contributed by atoms with Crippen LogP contribution < -0.4 is 5.32 Å². The first-order valence-electron chi connectivity index (χ1n) is 7.18. The van der Waals surface area contributed by atoms with Crippen LogP contribution in [0.1, 0.15) is 30.0 Å². The maximum atomic E-state index is 10.4. The first-order chi connectivity index (χ1) is 9.63. The monoisotopic (exact) mass is 366 g/mol. The molecule has 0 radical (unpaired) electrons. The van der Waals surface area contributed by atoms with Crippen LogP contribution >= 0.6 is 36.4 Å². The molecule has 1 aromatic carbocycles. The molecule has 0 aliphatic carbocycles.